The number of fused-ring (bicyclic) bond motifs is 1. The number of benzene rings is 2. The average Bonchev–Trinajstić information content (AvgIpc) is 3.13. The first kappa shape index (κ1) is 19.7. The minimum absolute atomic E-state index is 0.228. The van der Waals surface area contributed by atoms with Crippen molar-refractivity contribution >= 4 is 17.6 Å². The molecule has 0 aliphatic carbocycles. The van der Waals surface area contributed by atoms with Crippen LogP contribution in [0.3, 0.4) is 0 Å². The first-order valence-corrected chi connectivity index (χ1v) is 9.55. The van der Waals surface area contributed by atoms with Crippen molar-refractivity contribution in [3.8, 4) is 11.5 Å². The number of rotatable bonds is 7. The fraction of sp³-hybridized carbons (Fsp3) is 0.364. The van der Waals surface area contributed by atoms with E-state index in [4.69, 9.17) is 14.2 Å². The van der Waals surface area contributed by atoms with Crippen molar-refractivity contribution in [2.24, 2.45) is 0 Å². The van der Waals surface area contributed by atoms with Gasteiger partial charge in [-0.25, -0.2) is 4.79 Å². The van der Waals surface area contributed by atoms with Gasteiger partial charge in [0.1, 0.15) is 0 Å². The summed E-state index contributed by atoms with van der Waals surface area (Å²) in [5, 5.41) is 0. The molecule has 1 heterocycles. The maximum absolute atomic E-state index is 12.8. The van der Waals surface area contributed by atoms with Crippen molar-refractivity contribution in [2.75, 3.05) is 24.7 Å². The van der Waals surface area contributed by atoms with Crippen LogP contribution in [0.2, 0.25) is 0 Å². The summed E-state index contributed by atoms with van der Waals surface area (Å²) >= 11 is 0. The third kappa shape index (κ3) is 4.11. The second kappa shape index (κ2) is 8.78. The summed E-state index contributed by atoms with van der Waals surface area (Å²) in [4.78, 5) is 27.0. The molecule has 0 aromatic heterocycles. The van der Waals surface area contributed by atoms with Crippen LogP contribution in [0, 0.1) is 0 Å². The first-order chi connectivity index (χ1) is 13.5. The molecule has 2 aromatic carbocycles. The molecule has 148 valence electrons. The topological polar surface area (TPSA) is 65.1 Å². The van der Waals surface area contributed by atoms with Crippen LogP contribution < -0.4 is 14.4 Å². The number of hydrogen-bond donors (Lipinski definition) is 0. The van der Waals surface area contributed by atoms with Gasteiger partial charge in [0.15, 0.2) is 17.6 Å². The van der Waals surface area contributed by atoms with Crippen LogP contribution in [-0.4, -0.2) is 37.7 Å². The number of amides is 1. The Morgan fingerprint density at radius 2 is 1.75 bits per heavy atom. The molecule has 0 fully saturated rings. The van der Waals surface area contributed by atoms with Crippen molar-refractivity contribution in [1.82, 2.24) is 0 Å². The Morgan fingerprint density at radius 3 is 2.50 bits per heavy atom. The summed E-state index contributed by atoms with van der Waals surface area (Å²) in [5.41, 5.74) is 2.32. The first-order valence-electron chi connectivity index (χ1n) is 9.55. The zero-order valence-electron chi connectivity index (χ0n) is 16.4. The van der Waals surface area contributed by atoms with E-state index in [0.29, 0.717) is 36.8 Å². The Kier molecular flexibility index (Phi) is 6.19. The van der Waals surface area contributed by atoms with Crippen molar-refractivity contribution < 1.29 is 23.8 Å². The molecule has 1 atom stereocenters. The third-order valence-corrected chi connectivity index (χ3v) is 4.56. The highest BCUT2D eigenvalue weighted by atomic mass is 16.5. The summed E-state index contributed by atoms with van der Waals surface area (Å²) in [6.07, 6.45) is -0.0834. The lowest BCUT2D eigenvalue weighted by molar-refractivity contribution is -0.126. The quantitative estimate of drug-likeness (QED) is 0.684. The van der Waals surface area contributed by atoms with Crippen LogP contribution in [0.4, 0.5) is 5.69 Å². The molecule has 0 unspecified atom stereocenters. The third-order valence-electron chi connectivity index (χ3n) is 4.56. The van der Waals surface area contributed by atoms with Gasteiger partial charge in [-0.1, -0.05) is 18.2 Å². The molecule has 0 N–H and O–H groups in total. The van der Waals surface area contributed by atoms with Crippen molar-refractivity contribution in [3.05, 3.63) is 53.6 Å². The molecule has 6 nitrogen and oxygen atoms in total. The largest absolute Gasteiger partial charge is 0.490 e. The molecule has 0 saturated heterocycles. The van der Waals surface area contributed by atoms with E-state index in [-0.39, 0.29) is 5.91 Å². The number of esters is 1. The predicted octanol–water partition coefficient (Wildman–Crippen LogP) is 3.62. The van der Waals surface area contributed by atoms with Gasteiger partial charge in [-0.3, -0.25) is 4.79 Å². The standard InChI is InChI=1S/C22H25NO5/c1-4-26-19-11-10-17(14-20(19)27-5-2)22(25)28-15(3)21(24)23-13-12-16-8-6-7-9-18(16)23/h6-11,14-15H,4-5,12-13H2,1-3H3/t15-/m0/s1. The Hall–Kier alpha value is -3.02. The second-order valence-corrected chi connectivity index (χ2v) is 6.44. The Balaban J connectivity index is 1.70. The number of para-hydroxylation sites is 1. The van der Waals surface area contributed by atoms with Crippen LogP contribution in [0.5, 0.6) is 11.5 Å². The SMILES string of the molecule is CCOc1ccc(C(=O)O[C@@H](C)C(=O)N2CCc3ccccc32)cc1OCC. The van der Waals surface area contributed by atoms with Gasteiger partial charge in [0.25, 0.3) is 5.91 Å². The van der Waals surface area contributed by atoms with Crippen molar-refractivity contribution in [1.29, 1.82) is 0 Å². The van der Waals surface area contributed by atoms with E-state index in [1.54, 1.807) is 30.0 Å². The summed E-state index contributed by atoms with van der Waals surface area (Å²) in [5.74, 6) is 0.247. The van der Waals surface area contributed by atoms with E-state index >= 15 is 0 Å². The Morgan fingerprint density at radius 1 is 1.04 bits per heavy atom. The molecule has 1 aliphatic heterocycles. The molecule has 0 saturated carbocycles. The van der Waals surface area contributed by atoms with Gasteiger partial charge >= 0.3 is 5.97 Å². The number of nitrogens with zero attached hydrogens (tertiary/aromatic N) is 1. The van der Waals surface area contributed by atoms with E-state index in [1.165, 1.54) is 0 Å². The molecule has 6 heteroatoms. The molecule has 2 aromatic rings. The number of ether oxygens (including phenoxy) is 3. The molecule has 0 spiro atoms. The van der Waals surface area contributed by atoms with E-state index in [1.807, 2.05) is 38.1 Å². The second-order valence-electron chi connectivity index (χ2n) is 6.44. The fourth-order valence-electron chi connectivity index (χ4n) is 3.24. The zero-order valence-corrected chi connectivity index (χ0v) is 16.4. The molecule has 0 bridgehead atoms. The normalized spacial score (nSPS) is 13.6. The molecule has 1 aliphatic rings. The predicted molar refractivity (Wildman–Crippen MR) is 106 cm³/mol. The number of hydrogen-bond acceptors (Lipinski definition) is 5. The molecular formula is C22H25NO5. The summed E-state index contributed by atoms with van der Waals surface area (Å²) in [6.45, 7) is 6.86. The van der Waals surface area contributed by atoms with E-state index in [2.05, 4.69) is 0 Å². The Labute approximate surface area is 165 Å². The molecule has 0 radical (unpaired) electrons. The minimum Gasteiger partial charge on any atom is -0.490 e. The van der Waals surface area contributed by atoms with Crippen LogP contribution in [0.25, 0.3) is 0 Å². The maximum atomic E-state index is 12.8. The summed E-state index contributed by atoms with van der Waals surface area (Å²) < 4.78 is 16.5. The van der Waals surface area contributed by atoms with Gasteiger partial charge in [-0.05, 0) is 57.0 Å². The molecule has 3 rings (SSSR count). The summed E-state index contributed by atoms with van der Waals surface area (Å²) in [6, 6.07) is 12.6. The maximum Gasteiger partial charge on any atom is 0.339 e. The summed E-state index contributed by atoms with van der Waals surface area (Å²) in [7, 11) is 0. The Bertz CT molecular complexity index is 864. The lowest BCUT2D eigenvalue weighted by atomic mass is 10.2. The lowest BCUT2D eigenvalue weighted by Gasteiger charge is -2.22. The highest BCUT2D eigenvalue weighted by Gasteiger charge is 2.30. The van der Waals surface area contributed by atoms with Crippen LogP contribution in [0.15, 0.2) is 42.5 Å². The molecular weight excluding hydrogens is 358 g/mol. The molecule has 28 heavy (non-hydrogen) atoms. The number of anilines is 1. The highest BCUT2D eigenvalue weighted by molar-refractivity contribution is 6.00. The van der Waals surface area contributed by atoms with Gasteiger partial charge in [0.05, 0.1) is 18.8 Å². The van der Waals surface area contributed by atoms with E-state index < -0.39 is 12.1 Å². The van der Waals surface area contributed by atoms with Gasteiger partial charge < -0.3 is 19.1 Å². The van der Waals surface area contributed by atoms with Gasteiger partial charge in [0.2, 0.25) is 0 Å². The van der Waals surface area contributed by atoms with E-state index in [0.717, 1.165) is 17.7 Å². The highest BCUT2D eigenvalue weighted by Crippen LogP contribution is 2.30. The van der Waals surface area contributed by atoms with Gasteiger partial charge in [-0.2, -0.15) is 0 Å². The van der Waals surface area contributed by atoms with Gasteiger partial charge in [-0.15, -0.1) is 0 Å². The van der Waals surface area contributed by atoms with E-state index in [9.17, 15) is 9.59 Å². The lowest BCUT2D eigenvalue weighted by Crippen LogP contribution is -2.39. The van der Waals surface area contributed by atoms with Crippen molar-refractivity contribution in [2.45, 2.75) is 33.3 Å². The molecule has 1 amide bonds. The monoisotopic (exact) mass is 383 g/mol. The van der Waals surface area contributed by atoms with Crippen LogP contribution in [0.1, 0.15) is 36.7 Å². The van der Waals surface area contributed by atoms with Crippen LogP contribution in [-0.2, 0) is 16.0 Å². The number of carbonyl (C=O) groups excluding carboxylic acids is 2. The average molecular weight is 383 g/mol. The van der Waals surface area contributed by atoms with Crippen molar-refractivity contribution in [3.63, 3.8) is 0 Å². The smallest absolute Gasteiger partial charge is 0.339 e. The number of carbonyl (C=O) groups is 2. The zero-order chi connectivity index (χ0) is 20.1. The fourth-order valence-corrected chi connectivity index (χ4v) is 3.24. The van der Waals surface area contributed by atoms with Crippen LogP contribution >= 0.6 is 0 Å². The minimum atomic E-state index is -0.888. The van der Waals surface area contributed by atoms with Gasteiger partial charge in [0, 0.05) is 12.2 Å².